The van der Waals surface area contributed by atoms with Crippen LogP contribution in [0.25, 0.3) is 0 Å². The number of benzene rings is 2. The van der Waals surface area contributed by atoms with Crippen molar-refractivity contribution in [1.29, 1.82) is 0 Å². The maximum Gasteiger partial charge on any atom is 0.105 e. The van der Waals surface area contributed by atoms with Gasteiger partial charge in [-0.25, -0.2) is 0 Å². The lowest BCUT2D eigenvalue weighted by molar-refractivity contribution is 0.219. The Kier molecular flexibility index (Phi) is 5.42. The zero-order valence-electron chi connectivity index (χ0n) is 10.7. The first-order valence-electron chi connectivity index (χ1n) is 6.33. The highest BCUT2D eigenvalue weighted by Gasteiger charge is 2.14. The molecule has 0 aliphatic rings. The van der Waals surface area contributed by atoms with Crippen LogP contribution in [-0.4, -0.2) is 5.11 Å². The van der Waals surface area contributed by atoms with Gasteiger partial charge in [0.05, 0.1) is 0 Å². The molecule has 0 aromatic heterocycles. The van der Waals surface area contributed by atoms with E-state index >= 15 is 0 Å². The van der Waals surface area contributed by atoms with Crippen molar-refractivity contribution in [2.45, 2.75) is 25.9 Å². The summed E-state index contributed by atoms with van der Waals surface area (Å²) in [7, 11) is 0. The number of aliphatic hydroxyl groups excluding tert-OH is 1. The minimum Gasteiger partial charge on any atom is -0.384 e. The Labute approximate surface area is 136 Å². The van der Waals surface area contributed by atoms with E-state index in [-0.39, 0.29) is 0 Å². The minimum atomic E-state index is -0.583. The summed E-state index contributed by atoms with van der Waals surface area (Å²) in [5.74, 6) is 0. The summed E-state index contributed by atoms with van der Waals surface area (Å²) < 4.78 is 2.07. The highest BCUT2D eigenvalue weighted by molar-refractivity contribution is 14.1. The summed E-state index contributed by atoms with van der Waals surface area (Å²) in [5, 5.41) is 10.6. The maximum absolute atomic E-state index is 10.6. The largest absolute Gasteiger partial charge is 0.384 e. The van der Waals surface area contributed by atoms with Crippen LogP contribution in [0.3, 0.4) is 0 Å². The second kappa shape index (κ2) is 6.86. The molecule has 19 heavy (non-hydrogen) atoms. The van der Waals surface area contributed by atoms with Crippen molar-refractivity contribution in [1.82, 2.24) is 0 Å². The lowest BCUT2D eigenvalue weighted by Gasteiger charge is -2.15. The molecule has 2 aromatic carbocycles. The summed E-state index contributed by atoms with van der Waals surface area (Å²) in [6.45, 7) is 2.17. The van der Waals surface area contributed by atoms with Crippen LogP contribution in [0.15, 0.2) is 46.9 Å². The van der Waals surface area contributed by atoms with Gasteiger partial charge in [-0.05, 0) is 58.3 Å². The molecule has 0 saturated carbocycles. The normalized spacial score (nSPS) is 12.4. The Morgan fingerprint density at radius 2 is 2.00 bits per heavy atom. The molecule has 0 bridgehead atoms. The summed E-state index contributed by atoms with van der Waals surface area (Å²) in [6.07, 6.45) is 1.58. The molecule has 0 amide bonds. The Bertz CT molecular complexity index is 568. The van der Waals surface area contributed by atoms with Gasteiger partial charge in [-0.2, -0.15) is 0 Å². The molecule has 1 unspecified atom stereocenters. The number of aliphatic hydroxyl groups is 1. The van der Waals surface area contributed by atoms with Crippen LogP contribution in [0.2, 0.25) is 0 Å². The molecular weight excluding hydrogens is 415 g/mol. The van der Waals surface area contributed by atoms with Crippen molar-refractivity contribution >= 4 is 38.5 Å². The van der Waals surface area contributed by atoms with Crippen molar-refractivity contribution < 1.29 is 5.11 Å². The Morgan fingerprint density at radius 3 is 2.74 bits per heavy atom. The lowest BCUT2D eigenvalue weighted by Crippen LogP contribution is -2.02. The number of halogens is 2. The van der Waals surface area contributed by atoms with E-state index in [1.54, 1.807) is 0 Å². The molecule has 1 atom stereocenters. The monoisotopic (exact) mass is 430 g/mol. The van der Waals surface area contributed by atoms with Gasteiger partial charge >= 0.3 is 0 Å². The molecule has 2 rings (SSSR count). The van der Waals surface area contributed by atoms with Gasteiger partial charge in [0, 0.05) is 13.6 Å². The Hall–Kier alpha value is -0.390. The smallest absolute Gasteiger partial charge is 0.105 e. The summed E-state index contributed by atoms with van der Waals surface area (Å²) >= 11 is 5.78. The van der Waals surface area contributed by atoms with E-state index in [1.807, 2.05) is 30.3 Å². The third kappa shape index (κ3) is 3.80. The zero-order chi connectivity index (χ0) is 13.8. The third-order valence-electron chi connectivity index (χ3n) is 3.06. The molecule has 0 saturated heterocycles. The topological polar surface area (TPSA) is 20.2 Å². The van der Waals surface area contributed by atoms with Gasteiger partial charge in [0.25, 0.3) is 0 Å². The first-order valence-corrected chi connectivity index (χ1v) is 8.21. The van der Waals surface area contributed by atoms with Crippen molar-refractivity contribution in [3.63, 3.8) is 0 Å². The van der Waals surface area contributed by atoms with Crippen molar-refractivity contribution in [3.05, 3.63) is 67.2 Å². The van der Waals surface area contributed by atoms with Crippen molar-refractivity contribution in [2.24, 2.45) is 0 Å². The van der Waals surface area contributed by atoms with E-state index in [2.05, 4.69) is 57.6 Å². The fraction of sp³-hybridized carbons (Fsp3) is 0.250. The van der Waals surface area contributed by atoms with Gasteiger partial charge in [0.15, 0.2) is 0 Å². The summed E-state index contributed by atoms with van der Waals surface area (Å²) in [4.78, 5) is 0. The zero-order valence-corrected chi connectivity index (χ0v) is 14.5. The second-order valence-electron chi connectivity index (χ2n) is 4.56. The molecule has 0 heterocycles. The van der Waals surface area contributed by atoms with E-state index in [4.69, 9.17) is 0 Å². The van der Waals surface area contributed by atoms with Crippen LogP contribution < -0.4 is 0 Å². The van der Waals surface area contributed by atoms with E-state index < -0.39 is 6.10 Å². The predicted octanol–water partition coefficient (Wildman–Crippen LogP) is 5.09. The average Bonchev–Trinajstić information content (AvgIpc) is 2.41. The van der Waals surface area contributed by atoms with E-state index in [0.29, 0.717) is 0 Å². The van der Waals surface area contributed by atoms with Crippen LogP contribution in [-0.2, 0) is 6.42 Å². The Balaban J connectivity index is 2.35. The highest BCUT2D eigenvalue weighted by atomic mass is 127. The van der Waals surface area contributed by atoms with Gasteiger partial charge in [-0.15, -0.1) is 0 Å². The number of rotatable bonds is 4. The van der Waals surface area contributed by atoms with Crippen molar-refractivity contribution in [3.8, 4) is 0 Å². The number of hydrogen-bond acceptors (Lipinski definition) is 1. The first kappa shape index (κ1) is 15.0. The van der Waals surface area contributed by atoms with Crippen LogP contribution in [0.1, 0.15) is 36.1 Å². The predicted molar refractivity (Wildman–Crippen MR) is 91.4 cm³/mol. The maximum atomic E-state index is 10.6. The van der Waals surface area contributed by atoms with Gasteiger partial charge in [-0.3, -0.25) is 0 Å². The van der Waals surface area contributed by atoms with Crippen molar-refractivity contribution in [2.75, 3.05) is 0 Å². The van der Waals surface area contributed by atoms with Gasteiger partial charge < -0.3 is 5.11 Å². The highest BCUT2D eigenvalue weighted by Crippen LogP contribution is 2.30. The van der Waals surface area contributed by atoms with Gasteiger partial charge in [-0.1, -0.05) is 53.5 Å². The molecule has 0 fully saturated rings. The molecular formula is C16H16BrIO. The fourth-order valence-electron chi connectivity index (χ4n) is 2.11. The van der Waals surface area contributed by atoms with E-state index in [1.165, 1.54) is 5.56 Å². The molecule has 0 aliphatic heterocycles. The Morgan fingerprint density at radius 1 is 1.21 bits per heavy atom. The van der Waals surface area contributed by atoms with Gasteiger partial charge in [0.1, 0.15) is 6.10 Å². The first-order chi connectivity index (χ1) is 9.11. The molecule has 100 valence electrons. The number of hydrogen-bond donors (Lipinski definition) is 1. The van der Waals surface area contributed by atoms with E-state index in [9.17, 15) is 5.11 Å². The second-order valence-corrected chi connectivity index (χ2v) is 6.66. The quantitative estimate of drug-likeness (QED) is 0.670. The van der Waals surface area contributed by atoms with Crippen LogP contribution in [0.4, 0.5) is 0 Å². The third-order valence-corrected chi connectivity index (χ3v) is 4.45. The molecule has 0 aliphatic carbocycles. The molecule has 0 radical (unpaired) electrons. The molecule has 3 heteroatoms. The lowest BCUT2D eigenvalue weighted by atomic mass is 9.98. The summed E-state index contributed by atoms with van der Waals surface area (Å²) in [6, 6.07) is 14.2. The molecule has 1 N–H and O–H groups in total. The molecule has 1 nitrogen and oxygen atoms in total. The standard InChI is InChI=1S/C16H16BrIO/c1-2-4-11-5-3-6-12(9-11)16(19)14-10-13(18)7-8-15(14)17/h3,5-10,16,19H,2,4H2,1H3. The molecule has 2 aromatic rings. The minimum absolute atomic E-state index is 0.583. The summed E-state index contributed by atoms with van der Waals surface area (Å²) in [5.41, 5.74) is 3.15. The fourth-order valence-corrected chi connectivity index (χ4v) is 3.09. The molecule has 0 spiro atoms. The average molecular weight is 431 g/mol. The van der Waals surface area contributed by atoms with Crippen LogP contribution >= 0.6 is 38.5 Å². The number of aryl methyl sites for hydroxylation is 1. The van der Waals surface area contributed by atoms with Gasteiger partial charge in [0.2, 0.25) is 0 Å². The van der Waals surface area contributed by atoms with Crippen LogP contribution in [0, 0.1) is 3.57 Å². The van der Waals surface area contributed by atoms with E-state index in [0.717, 1.165) is 32.0 Å². The SMILES string of the molecule is CCCc1cccc(C(O)c2cc(I)ccc2Br)c1. The van der Waals surface area contributed by atoms with Crippen LogP contribution in [0.5, 0.6) is 0 Å².